The molecule has 3 rings (SSSR count). The van der Waals surface area contributed by atoms with Gasteiger partial charge in [-0.1, -0.05) is 23.7 Å². The lowest BCUT2D eigenvalue weighted by atomic mass is 10.2. The molecule has 1 saturated heterocycles. The maximum absolute atomic E-state index is 12.7. The predicted molar refractivity (Wildman–Crippen MR) is 94.5 cm³/mol. The van der Waals surface area contributed by atoms with Crippen LogP contribution in [0.15, 0.2) is 40.6 Å². The molecular weight excluding hydrogens is 386 g/mol. The molecule has 1 aliphatic rings. The number of sulfonamides is 1. The molecule has 0 bridgehead atoms. The second-order valence-electron chi connectivity index (χ2n) is 5.34. The molecule has 0 aliphatic carbocycles. The average Bonchev–Trinajstić information content (AvgIpc) is 3.11. The third kappa shape index (κ3) is 4.21. The molecule has 1 aromatic heterocycles. The lowest BCUT2D eigenvalue weighted by molar-refractivity contribution is 0.0473. The Morgan fingerprint density at radius 2 is 2.04 bits per heavy atom. The number of esters is 1. The average molecular weight is 402 g/mol. The summed E-state index contributed by atoms with van der Waals surface area (Å²) < 4.78 is 37.3. The summed E-state index contributed by atoms with van der Waals surface area (Å²) >= 11 is 6.95. The minimum Gasteiger partial charge on any atom is -0.457 e. The summed E-state index contributed by atoms with van der Waals surface area (Å²) in [7, 11) is -3.74. The fourth-order valence-electron chi connectivity index (χ4n) is 2.42. The zero-order chi connectivity index (χ0) is 17.9. The molecule has 1 fully saturated rings. The van der Waals surface area contributed by atoms with Crippen LogP contribution in [0.5, 0.6) is 0 Å². The maximum atomic E-state index is 12.7. The van der Waals surface area contributed by atoms with Crippen LogP contribution in [0.25, 0.3) is 0 Å². The lowest BCUT2D eigenvalue weighted by Crippen LogP contribution is -2.40. The summed E-state index contributed by atoms with van der Waals surface area (Å²) in [5, 5.41) is 2.11. The lowest BCUT2D eigenvalue weighted by Gasteiger charge is -2.25. The van der Waals surface area contributed by atoms with E-state index in [1.807, 2.05) is 0 Å². The van der Waals surface area contributed by atoms with Crippen LogP contribution in [0.3, 0.4) is 0 Å². The molecule has 0 amide bonds. The number of hydrogen-bond acceptors (Lipinski definition) is 6. The number of nitrogens with zero attached hydrogens (tertiary/aromatic N) is 1. The molecule has 9 heteroatoms. The molecule has 0 saturated carbocycles. The molecule has 0 spiro atoms. The number of halogens is 1. The van der Waals surface area contributed by atoms with Crippen LogP contribution in [0.2, 0.25) is 5.02 Å². The molecule has 1 aromatic carbocycles. The first-order valence-electron chi connectivity index (χ1n) is 7.55. The summed E-state index contributed by atoms with van der Waals surface area (Å²) in [6.45, 7) is 1.26. The van der Waals surface area contributed by atoms with Gasteiger partial charge in [0, 0.05) is 18.1 Å². The van der Waals surface area contributed by atoms with Crippen molar-refractivity contribution in [2.24, 2.45) is 0 Å². The van der Waals surface area contributed by atoms with Gasteiger partial charge in [0.1, 0.15) is 16.4 Å². The molecule has 0 radical (unpaired) electrons. The third-order valence-corrected chi connectivity index (χ3v) is 6.86. The van der Waals surface area contributed by atoms with Crippen molar-refractivity contribution >= 4 is 38.9 Å². The Bertz CT molecular complexity index is 859. The number of ether oxygens (including phenoxy) is 2. The van der Waals surface area contributed by atoms with E-state index in [4.69, 9.17) is 21.1 Å². The van der Waals surface area contributed by atoms with Gasteiger partial charge in [-0.15, -0.1) is 11.3 Å². The summed E-state index contributed by atoms with van der Waals surface area (Å²) in [4.78, 5) is 12.4. The quantitative estimate of drug-likeness (QED) is 0.720. The van der Waals surface area contributed by atoms with E-state index in [9.17, 15) is 13.2 Å². The summed E-state index contributed by atoms with van der Waals surface area (Å²) in [6, 6.07) is 8.38. The Morgan fingerprint density at radius 3 is 2.76 bits per heavy atom. The third-order valence-electron chi connectivity index (χ3n) is 3.66. The molecule has 0 atom stereocenters. The SMILES string of the molecule is O=C(OCc1cccc(Cl)c1)c1sccc1S(=O)(=O)N1CCOCC1. The largest absolute Gasteiger partial charge is 0.457 e. The Labute approximate surface area is 155 Å². The number of rotatable bonds is 5. The molecule has 134 valence electrons. The number of benzene rings is 1. The van der Waals surface area contributed by atoms with E-state index >= 15 is 0 Å². The molecule has 25 heavy (non-hydrogen) atoms. The van der Waals surface area contributed by atoms with Gasteiger partial charge in [0.15, 0.2) is 0 Å². The standard InChI is InChI=1S/C16H16ClNO5S2/c17-13-3-1-2-12(10-13)11-23-16(19)15-14(4-9-24-15)25(20,21)18-5-7-22-8-6-18/h1-4,9-10H,5-8,11H2. The van der Waals surface area contributed by atoms with E-state index in [0.717, 1.165) is 16.9 Å². The van der Waals surface area contributed by atoms with Crippen molar-refractivity contribution in [1.29, 1.82) is 0 Å². The van der Waals surface area contributed by atoms with Crippen molar-refractivity contribution in [3.63, 3.8) is 0 Å². The van der Waals surface area contributed by atoms with E-state index in [2.05, 4.69) is 0 Å². The molecule has 6 nitrogen and oxygen atoms in total. The second kappa shape index (κ2) is 7.84. The number of carbonyl (C=O) groups is 1. The summed E-state index contributed by atoms with van der Waals surface area (Å²) in [6.07, 6.45) is 0. The number of carbonyl (C=O) groups excluding carboxylic acids is 1. The van der Waals surface area contributed by atoms with Gasteiger partial charge in [0.05, 0.1) is 13.2 Å². The molecule has 2 aromatic rings. The number of hydrogen-bond donors (Lipinski definition) is 0. The van der Waals surface area contributed by atoms with Gasteiger partial charge < -0.3 is 9.47 Å². The Morgan fingerprint density at radius 1 is 1.28 bits per heavy atom. The predicted octanol–water partition coefficient (Wildman–Crippen LogP) is 2.78. The molecule has 1 aliphatic heterocycles. The Balaban J connectivity index is 1.75. The highest BCUT2D eigenvalue weighted by molar-refractivity contribution is 7.89. The van der Waals surface area contributed by atoms with E-state index in [0.29, 0.717) is 18.2 Å². The van der Waals surface area contributed by atoms with E-state index in [-0.39, 0.29) is 29.5 Å². The van der Waals surface area contributed by atoms with E-state index in [1.54, 1.807) is 29.6 Å². The first-order chi connectivity index (χ1) is 12.0. The molecule has 0 unspecified atom stereocenters. The van der Waals surface area contributed by atoms with Crippen LogP contribution in [-0.4, -0.2) is 45.0 Å². The van der Waals surface area contributed by atoms with Crippen LogP contribution < -0.4 is 0 Å². The number of morpholine rings is 1. The van der Waals surface area contributed by atoms with Crippen molar-refractivity contribution in [2.45, 2.75) is 11.5 Å². The minimum absolute atomic E-state index is 0.0181. The van der Waals surface area contributed by atoms with Gasteiger partial charge >= 0.3 is 5.97 Å². The molecular formula is C16H16ClNO5S2. The monoisotopic (exact) mass is 401 g/mol. The van der Waals surface area contributed by atoms with Crippen molar-refractivity contribution < 1.29 is 22.7 Å². The smallest absolute Gasteiger partial charge is 0.350 e. The Hall–Kier alpha value is -1.45. The van der Waals surface area contributed by atoms with E-state index in [1.165, 1.54) is 10.4 Å². The van der Waals surface area contributed by atoms with Crippen LogP contribution in [0.4, 0.5) is 0 Å². The minimum atomic E-state index is -3.74. The first kappa shape index (κ1) is 18.3. The highest BCUT2D eigenvalue weighted by Gasteiger charge is 2.31. The normalized spacial score (nSPS) is 15.9. The summed E-state index contributed by atoms with van der Waals surface area (Å²) in [5.41, 5.74) is 0.731. The zero-order valence-electron chi connectivity index (χ0n) is 13.2. The van der Waals surface area contributed by atoms with E-state index < -0.39 is 16.0 Å². The van der Waals surface area contributed by atoms with Crippen molar-refractivity contribution in [1.82, 2.24) is 4.31 Å². The Kier molecular flexibility index (Phi) is 5.75. The van der Waals surface area contributed by atoms with Gasteiger partial charge in [-0.3, -0.25) is 0 Å². The van der Waals surface area contributed by atoms with Gasteiger partial charge in [-0.2, -0.15) is 4.31 Å². The van der Waals surface area contributed by atoms with Crippen LogP contribution in [0, 0.1) is 0 Å². The van der Waals surface area contributed by atoms with Crippen molar-refractivity contribution in [3.05, 3.63) is 51.2 Å². The van der Waals surface area contributed by atoms with Crippen LogP contribution in [-0.2, 0) is 26.1 Å². The number of thiophene rings is 1. The maximum Gasteiger partial charge on any atom is 0.350 e. The fourth-order valence-corrected chi connectivity index (χ4v) is 5.32. The van der Waals surface area contributed by atoms with Crippen LogP contribution >= 0.6 is 22.9 Å². The zero-order valence-corrected chi connectivity index (χ0v) is 15.6. The van der Waals surface area contributed by atoms with Gasteiger partial charge in [-0.05, 0) is 29.1 Å². The van der Waals surface area contributed by atoms with Gasteiger partial charge in [0.25, 0.3) is 0 Å². The highest BCUT2D eigenvalue weighted by atomic mass is 35.5. The topological polar surface area (TPSA) is 72.9 Å². The summed E-state index contributed by atoms with van der Waals surface area (Å²) in [5.74, 6) is -0.665. The van der Waals surface area contributed by atoms with Crippen molar-refractivity contribution in [2.75, 3.05) is 26.3 Å². The molecule has 2 heterocycles. The highest BCUT2D eigenvalue weighted by Crippen LogP contribution is 2.27. The second-order valence-corrected chi connectivity index (χ2v) is 8.60. The fraction of sp³-hybridized carbons (Fsp3) is 0.312. The molecule has 0 N–H and O–H groups in total. The van der Waals surface area contributed by atoms with Crippen molar-refractivity contribution in [3.8, 4) is 0 Å². The first-order valence-corrected chi connectivity index (χ1v) is 10.3. The van der Waals surface area contributed by atoms with Gasteiger partial charge in [-0.25, -0.2) is 13.2 Å². The van der Waals surface area contributed by atoms with Crippen LogP contribution in [0.1, 0.15) is 15.2 Å². The van der Waals surface area contributed by atoms with Gasteiger partial charge in [0.2, 0.25) is 10.0 Å².